The molecule has 0 spiro atoms. The van der Waals surface area contributed by atoms with Crippen LogP contribution in [0.3, 0.4) is 0 Å². The predicted octanol–water partition coefficient (Wildman–Crippen LogP) is 2.05. The molecule has 2 N–H and O–H groups in total. The SMILES string of the molecule is CC(C)N(C(C)C)P(OCCC#N)O[C@]12C[C@]3(F)C[C@]3(O)[C@H]1O[C@@H](n1ccc(=O)[nH]c1=O)[C@H]2F. The van der Waals surface area contributed by atoms with E-state index in [0.717, 1.165) is 16.8 Å². The number of H-pyrrole nitrogens is 1. The number of aliphatic hydroxyl groups is 1. The van der Waals surface area contributed by atoms with E-state index in [9.17, 15) is 14.7 Å². The zero-order valence-electron chi connectivity index (χ0n) is 19.4. The van der Waals surface area contributed by atoms with Crippen molar-refractivity contribution in [3.05, 3.63) is 33.1 Å². The fourth-order valence-electron chi connectivity index (χ4n) is 5.17. The van der Waals surface area contributed by atoms with Crippen molar-refractivity contribution in [2.75, 3.05) is 6.61 Å². The Hall–Kier alpha value is -1.74. The van der Waals surface area contributed by atoms with E-state index in [1.165, 1.54) is 0 Å². The molecule has 10 nitrogen and oxygen atoms in total. The Morgan fingerprint density at radius 3 is 2.65 bits per heavy atom. The first kappa shape index (κ1) is 25.4. The molecule has 1 unspecified atom stereocenters. The minimum absolute atomic E-state index is 0.0184. The van der Waals surface area contributed by atoms with Crippen LogP contribution in [-0.4, -0.2) is 67.2 Å². The minimum atomic E-state index is -2.09. The van der Waals surface area contributed by atoms with Gasteiger partial charge in [-0.2, -0.15) is 5.26 Å². The van der Waals surface area contributed by atoms with E-state index in [4.69, 9.17) is 19.0 Å². The summed E-state index contributed by atoms with van der Waals surface area (Å²) in [4.78, 5) is 25.8. The number of aromatic nitrogens is 2. The van der Waals surface area contributed by atoms with Crippen molar-refractivity contribution in [2.24, 2.45) is 0 Å². The van der Waals surface area contributed by atoms with Crippen molar-refractivity contribution >= 4 is 8.53 Å². The average molecular weight is 502 g/mol. The van der Waals surface area contributed by atoms with Crippen LogP contribution >= 0.6 is 8.53 Å². The van der Waals surface area contributed by atoms with E-state index in [-0.39, 0.29) is 31.5 Å². The zero-order valence-corrected chi connectivity index (χ0v) is 20.3. The van der Waals surface area contributed by atoms with Crippen LogP contribution in [0.25, 0.3) is 0 Å². The molecule has 34 heavy (non-hydrogen) atoms. The monoisotopic (exact) mass is 502 g/mol. The van der Waals surface area contributed by atoms with Crippen molar-refractivity contribution in [3.63, 3.8) is 0 Å². The quantitative estimate of drug-likeness (QED) is 0.388. The van der Waals surface area contributed by atoms with Crippen LogP contribution in [0.4, 0.5) is 8.78 Å². The highest BCUT2D eigenvalue weighted by Crippen LogP contribution is 2.73. The lowest BCUT2D eigenvalue weighted by atomic mass is 9.90. The molecule has 0 aromatic carbocycles. The maximum atomic E-state index is 16.2. The van der Waals surface area contributed by atoms with Crippen LogP contribution in [0.1, 0.15) is 53.2 Å². The van der Waals surface area contributed by atoms with Crippen molar-refractivity contribution in [3.8, 4) is 6.07 Å². The summed E-state index contributed by atoms with van der Waals surface area (Å²) in [5, 5.41) is 19.9. The van der Waals surface area contributed by atoms with Gasteiger partial charge in [0.2, 0.25) is 0 Å². The summed E-state index contributed by atoms with van der Waals surface area (Å²) in [6.45, 7) is 7.62. The van der Waals surface area contributed by atoms with Crippen LogP contribution in [0, 0.1) is 11.3 Å². The molecule has 1 aromatic heterocycles. The van der Waals surface area contributed by atoms with Gasteiger partial charge in [0.05, 0.1) is 19.1 Å². The third kappa shape index (κ3) is 3.83. The number of halogens is 2. The van der Waals surface area contributed by atoms with Gasteiger partial charge < -0.3 is 18.9 Å². The molecule has 1 aromatic rings. The summed E-state index contributed by atoms with van der Waals surface area (Å²) in [6.07, 6.45) is -4.57. The van der Waals surface area contributed by atoms with Crippen LogP contribution in [0.2, 0.25) is 0 Å². The van der Waals surface area contributed by atoms with Gasteiger partial charge in [0, 0.05) is 37.2 Å². The molecule has 2 saturated carbocycles. The Labute approximate surface area is 196 Å². The average Bonchev–Trinajstić information content (AvgIpc) is 3.06. The van der Waals surface area contributed by atoms with Gasteiger partial charge in [0.1, 0.15) is 23.0 Å². The normalized spacial score (nSPS) is 37.1. The lowest BCUT2D eigenvalue weighted by Gasteiger charge is -2.41. The Morgan fingerprint density at radius 2 is 2.06 bits per heavy atom. The fraction of sp³-hybridized carbons (Fsp3) is 0.762. The summed E-state index contributed by atoms with van der Waals surface area (Å²) in [7, 11) is -2.00. The van der Waals surface area contributed by atoms with E-state index < -0.39 is 61.6 Å². The molecule has 2 aliphatic carbocycles. The molecule has 3 aliphatic rings. The highest BCUT2D eigenvalue weighted by molar-refractivity contribution is 7.44. The smallest absolute Gasteiger partial charge is 0.330 e. The van der Waals surface area contributed by atoms with Gasteiger partial charge in [-0.3, -0.25) is 14.3 Å². The number of hydrogen-bond donors (Lipinski definition) is 2. The molecule has 188 valence electrons. The van der Waals surface area contributed by atoms with Gasteiger partial charge >= 0.3 is 5.69 Å². The molecule has 13 heteroatoms. The number of rotatable bonds is 9. The van der Waals surface area contributed by atoms with Crippen molar-refractivity contribution in [1.29, 1.82) is 5.26 Å². The second-order valence-corrected chi connectivity index (χ2v) is 11.0. The number of nitrogens with zero attached hydrogens (tertiary/aromatic N) is 3. The first-order valence-corrected chi connectivity index (χ1v) is 12.3. The Kier molecular flexibility index (Phi) is 6.51. The molecule has 0 radical (unpaired) electrons. The van der Waals surface area contributed by atoms with Crippen LogP contribution in [0.15, 0.2) is 21.9 Å². The Bertz CT molecular complexity index is 1090. The van der Waals surface area contributed by atoms with Gasteiger partial charge in [0.25, 0.3) is 14.1 Å². The number of fused-ring (bicyclic) bond motifs is 3. The lowest BCUT2D eigenvalue weighted by molar-refractivity contribution is -0.105. The molecule has 0 amide bonds. The number of hydrogen-bond acceptors (Lipinski definition) is 8. The summed E-state index contributed by atoms with van der Waals surface area (Å²) in [5.74, 6) is 0. The Balaban J connectivity index is 1.73. The highest BCUT2D eigenvalue weighted by Gasteiger charge is 2.88. The Morgan fingerprint density at radius 1 is 1.38 bits per heavy atom. The molecule has 1 saturated heterocycles. The van der Waals surface area contributed by atoms with E-state index in [1.54, 1.807) is 0 Å². The van der Waals surface area contributed by atoms with E-state index in [2.05, 4.69) is 0 Å². The number of aromatic amines is 1. The first-order chi connectivity index (χ1) is 15.9. The predicted molar refractivity (Wildman–Crippen MR) is 117 cm³/mol. The van der Waals surface area contributed by atoms with Gasteiger partial charge in [-0.05, 0) is 27.7 Å². The number of ether oxygens (including phenoxy) is 1. The topological polar surface area (TPSA) is 130 Å². The standard InChI is InChI=1S/C21H29F2N4O6P/c1-12(2)27(13(3)4)34(31-9-5-7-24)33-20-10-19(23)11-21(19,30)17(20)32-16(15(20)22)26-8-6-14(28)25-18(26)29/h6,8,12-13,15-17,30H,5,9-11H2,1-4H3,(H,25,28,29)/t15-,16-,17+,19+,20+,21+,34?/m1/s1. The van der Waals surface area contributed by atoms with Crippen LogP contribution in [0.5, 0.6) is 0 Å². The number of alkyl halides is 2. The molecule has 4 rings (SSSR count). The van der Waals surface area contributed by atoms with Crippen LogP contribution in [-0.2, 0) is 13.8 Å². The molecule has 7 atom stereocenters. The van der Waals surface area contributed by atoms with E-state index >= 15 is 8.78 Å². The zero-order chi connectivity index (χ0) is 25.1. The second kappa shape index (κ2) is 8.73. The van der Waals surface area contributed by atoms with E-state index in [0.29, 0.717) is 0 Å². The third-order valence-electron chi connectivity index (χ3n) is 6.66. The maximum absolute atomic E-state index is 16.2. The maximum Gasteiger partial charge on any atom is 0.330 e. The number of nitriles is 1. The van der Waals surface area contributed by atoms with Gasteiger partial charge in [-0.25, -0.2) is 18.2 Å². The summed E-state index contributed by atoms with van der Waals surface area (Å²) >= 11 is 0. The van der Waals surface area contributed by atoms with Gasteiger partial charge in [0.15, 0.2) is 12.4 Å². The van der Waals surface area contributed by atoms with Gasteiger partial charge in [-0.1, -0.05) is 0 Å². The van der Waals surface area contributed by atoms with Crippen molar-refractivity contribution < 1.29 is 27.7 Å². The molecule has 3 fully saturated rings. The molecule has 2 heterocycles. The molecular formula is C21H29F2N4O6P. The third-order valence-corrected chi connectivity index (χ3v) is 8.86. The summed E-state index contributed by atoms with van der Waals surface area (Å²) < 4.78 is 52.3. The second-order valence-electron chi connectivity index (χ2n) is 9.66. The van der Waals surface area contributed by atoms with E-state index in [1.807, 2.05) is 43.4 Å². The summed E-state index contributed by atoms with van der Waals surface area (Å²) in [5.41, 5.74) is -7.56. The highest BCUT2D eigenvalue weighted by atomic mass is 31.2. The number of nitrogens with one attached hydrogen (secondary N) is 1. The fourth-order valence-corrected chi connectivity index (χ4v) is 7.01. The van der Waals surface area contributed by atoms with Crippen LogP contribution < -0.4 is 11.2 Å². The lowest BCUT2D eigenvalue weighted by Crippen LogP contribution is -2.50. The summed E-state index contributed by atoms with van der Waals surface area (Å²) in [6, 6.07) is 2.83. The largest absolute Gasteiger partial charge is 0.384 e. The van der Waals surface area contributed by atoms with Gasteiger partial charge in [-0.15, -0.1) is 0 Å². The van der Waals surface area contributed by atoms with Crippen molar-refractivity contribution in [2.45, 2.75) is 94.4 Å². The molecular weight excluding hydrogens is 473 g/mol. The molecule has 0 bridgehead atoms. The minimum Gasteiger partial charge on any atom is -0.384 e. The molecule has 1 aliphatic heterocycles. The first-order valence-electron chi connectivity index (χ1n) is 11.2. The van der Waals surface area contributed by atoms with Crippen molar-refractivity contribution in [1.82, 2.24) is 14.2 Å².